The molecule has 1 unspecified atom stereocenters. The van der Waals surface area contributed by atoms with Crippen molar-refractivity contribution in [3.8, 4) is 11.8 Å². The van der Waals surface area contributed by atoms with Gasteiger partial charge in [-0.05, 0) is 28.9 Å². The van der Waals surface area contributed by atoms with Crippen molar-refractivity contribution < 1.29 is 0 Å². The van der Waals surface area contributed by atoms with E-state index in [0.717, 1.165) is 17.4 Å². The van der Waals surface area contributed by atoms with Gasteiger partial charge in [-0.15, -0.1) is 23.2 Å². The first-order chi connectivity index (χ1) is 7.27. The summed E-state index contributed by atoms with van der Waals surface area (Å²) in [4.78, 5) is 1.27. The third kappa shape index (κ3) is 4.35. The van der Waals surface area contributed by atoms with E-state index in [4.69, 9.17) is 5.73 Å². The lowest BCUT2D eigenvalue weighted by Gasteiger charge is -2.13. The van der Waals surface area contributed by atoms with Crippen LogP contribution in [0.5, 0.6) is 0 Å². The van der Waals surface area contributed by atoms with Gasteiger partial charge in [0.15, 0.2) is 0 Å². The molecule has 0 aliphatic heterocycles. The van der Waals surface area contributed by atoms with E-state index in [2.05, 4.69) is 44.5 Å². The zero-order valence-electron chi connectivity index (χ0n) is 8.72. The minimum atomic E-state index is 0.250. The Morgan fingerprint density at radius 2 is 2.47 bits per heavy atom. The fourth-order valence-electron chi connectivity index (χ4n) is 1.24. The maximum atomic E-state index is 5.72. The lowest BCUT2D eigenvalue weighted by molar-refractivity contribution is 0.558. The molecule has 0 aliphatic carbocycles. The second-order valence-electron chi connectivity index (χ2n) is 3.09. The molecule has 0 aliphatic rings. The van der Waals surface area contributed by atoms with Gasteiger partial charge in [0.05, 0.1) is 6.04 Å². The molecule has 0 amide bonds. The summed E-state index contributed by atoms with van der Waals surface area (Å²) >= 11 is 5.16. The molecular weight excluding hydrogens is 272 g/mol. The van der Waals surface area contributed by atoms with Crippen LogP contribution in [0.4, 0.5) is 0 Å². The summed E-state index contributed by atoms with van der Waals surface area (Å²) in [6.07, 6.45) is 0.875. The topological polar surface area (TPSA) is 38.0 Å². The Bertz CT molecular complexity index is 351. The van der Waals surface area contributed by atoms with Crippen LogP contribution in [0, 0.1) is 11.8 Å². The molecule has 0 saturated heterocycles. The number of hydrogen-bond donors (Lipinski definition) is 2. The van der Waals surface area contributed by atoms with Crippen LogP contribution in [-0.4, -0.2) is 13.1 Å². The average Bonchev–Trinajstić information content (AvgIpc) is 2.65. The van der Waals surface area contributed by atoms with Gasteiger partial charge in [0.2, 0.25) is 0 Å². The second kappa shape index (κ2) is 7.02. The van der Waals surface area contributed by atoms with Gasteiger partial charge in [-0.2, -0.15) is 0 Å². The van der Waals surface area contributed by atoms with E-state index in [1.54, 1.807) is 11.3 Å². The summed E-state index contributed by atoms with van der Waals surface area (Å²) in [6, 6.07) is 2.36. The van der Waals surface area contributed by atoms with Crippen molar-refractivity contribution >= 4 is 27.3 Å². The molecule has 82 valence electrons. The molecule has 0 aromatic carbocycles. The summed E-state index contributed by atoms with van der Waals surface area (Å²) < 4.78 is 1.12. The highest BCUT2D eigenvalue weighted by atomic mass is 79.9. The van der Waals surface area contributed by atoms with Crippen molar-refractivity contribution in [2.24, 2.45) is 5.73 Å². The Labute approximate surface area is 103 Å². The quantitative estimate of drug-likeness (QED) is 0.645. The Morgan fingerprint density at radius 1 is 1.67 bits per heavy atom. The Hall–Kier alpha value is -0.340. The third-order valence-corrected chi connectivity index (χ3v) is 3.79. The van der Waals surface area contributed by atoms with Crippen LogP contribution < -0.4 is 11.1 Å². The van der Waals surface area contributed by atoms with Gasteiger partial charge < -0.3 is 11.1 Å². The predicted molar refractivity (Wildman–Crippen MR) is 69.9 cm³/mol. The standard InChI is InChI=1S/C11H15BrN2S/c1-2-3-4-5-14-10(7-13)11-6-9(12)8-15-11/h6,8,10,14H,4-5,7,13H2,1H3. The van der Waals surface area contributed by atoms with Crippen LogP contribution in [0.15, 0.2) is 15.9 Å². The highest BCUT2D eigenvalue weighted by molar-refractivity contribution is 9.10. The van der Waals surface area contributed by atoms with Crippen LogP contribution in [0.2, 0.25) is 0 Å². The molecule has 4 heteroatoms. The van der Waals surface area contributed by atoms with Crippen molar-refractivity contribution in [3.05, 3.63) is 20.8 Å². The van der Waals surface area contributed by atoms with Gasteiger partial charge in [-0.1, -0.05) is 0 Å². The second-order valence-corrected chi connectivity index (χ2v) is 4.94. The van der Waals surface area contributed by atoms with Gasteiger partial charge in [0, 0.05) is 34.2 Å². The molecule has 0 radical (unpaired) electrons. The largest absolute Gasteiger partial charge is 0.329 e. The maximum Gasteiger partial charge on any atom is 0.0540 e. The van der Waals surface area contributed by atoms with Crippen LogP contribution >= 0.6 is 27.3 Å². The molecule has 1 aromatic heterocycles. The molecule has 0 fully saturated rings. The smallest absolute Gasteiger partial charge is 0.0540 e. The van der Waals surface area contributed by atoms with Crippen LogP contribution in [-0.2, 0) is 0 Å². The molecule has 0 spiro atoms. The van der Waals surface area contributed by atoms with Crippen molar-refractivity contribution in [2.45, 2.75) is 19.4 Å². The third-order valence-electron chi connectivity index (χ3n) is 1.98. The maximum absolute atomic E-state index is 5.72. The van der Waals surface area contributed by atoms with E-state index in [1.807, 2.05) is 6.92 Å². The summed E-state index contributed by atoms with van der Waals surface area (Å²) in [5.41, 5.74) is 5.72. The number of nitrogens with two attached hydrogens (primary N) is 1. The van der Waals surface area contributed by atoms with Gasteiger partial charge in [0.25, 0.3) is 0 Å². The molecule has 3 N–H and O–H groups in total. The molecule has 1 rings (SSSR count). The summed E-state index contributed by atoms with van der Waals surface area (Å²) in [6.45, 7) is 3.36. The zero-order chi connectivity index (χ0) is 11.1. The normalized spacial score (nSPS) is 11.9. The van der Waals surface area contributed by atoms with E-state index in [1.165, 1.54) is 4.88 Å². The number of nitrogens with one attached hydrogen (secondary N) is 1. The van der Waals surface area contributed by atoms with Crippen molar-refractivity contribution in [2.75, 3.05) is 13.1 Å². The van der Waals surface area contributed by atoms with E-state index in [0.29, 0.717) is 6.54 Å². The average molecular weight is 287 g/mol. The van der Waals surface area contributed by atoms with Crippen LogP contribution in [0.3, 0.4) is 0 Å². The molecule has 1 aromatic rings. The monoisotopic (exact) mass is 286 g/mol. The molecule has 15 heavy (non-hydrogen) atoms. The molecular formula is C11H15BrN2S. The summed E-state index contributed by atoms with van der Waals surface area (Å²) in [5.74, 6) is 5.90. The Balaban J connectivity index is 2.44. The SMILES string of the molecule is CC#CCCNC(CN)c1cc(Br)cs1. The highest BCUT2D eigenvalue weighted by Gasteiger charge is 2.10. The lowest BCUT2D eigenvalue weighted by atomic mass is 10.2. The first kappa shape index (κ1) is 12.7. The van der Waals surface area contributed by atoms with Gasteiger partial charge >= 0.3 is 0 Å². The van der Waals surface area contributed by atoms with E-state index in [9.17, 15) is 0 Å². The molecule has 2 nitrogen and oxygen atoms in total. The number of hydrogen-bond acceptors (Lipinski definition) is 3. The Kier molecular flexibility index (Phi) is 5.96. The van der Waals surface area contributed by atoms with E-state index >= 15 is 0 Å². The number of halogens is 1. The molecule has 0 saturated carbocycles. The zero-order valence-corrected chi connectivity index (χ0v) is 11.1. The van der Waals surface area contributed by atoms with Crippen molar-refractivity contribution in [1.29, 1.82) is 0 Å². The van der Waals surface area contributed by atoms with Gasteiger partial charge in [0.1, 0.15) is 0 Å². The first-order valence-corrected chi connectivity index (χ1v) is 6.52. The van der Waals surface area contributed by atoms with Gasteiger partial charge in [-0.25, -0.2) is 0 Å². The van der Waals surface area contributed by atoms with Crippen molar-refractivity contribution in [1.82, 2.24) is 5.32 Å². The van der Waals surface area contributed by atoms with E-state index in [-0.39, 0.29) is 6.04 Å². The first-order valence-electron chi connectivity index (χ1n) is 4.85. The van der Waals surface area contributed by atoms with Gasteiger partial charge in [-0.3, -0.25) is 0 Å². The fraction of sp³-hybridized carbons (Fsp3) is 0.455. The highest BCUT2D eigenvalue weighted by Crippen LogP contribution is 2.24. The molecule has 1 heterocycles. The van der Waals surface area contributed by atoms with Crippen molar-refractivity contribution in [3.63, 3.8) is 0 Å². The lowest BCUT2D eigenvalue weighted by Crippen LogP contribution is -2.28. The van der Waals surface area contributed by atoms with Crippen LogP contribution in [0.25, 0.3) is 0 Å². The number of rotatable bonds is 5. The predicted octanol–water partition coefficient (Wildman–Crippen LogP) is 2.51. The minimum Gasteiger partial charge on any atom is -0.329 e. The van der Waals surface area contributed by atoms with E-state index < -0.39 is 0 Å². The minimum absolute atomic E-state index is 0.250. The van der Waals surface area contributed by atoms with Crippen LogP contribution in [0.1, 0.15) is 24.3 Å². The number of thiophene rings is 1. The summed E-state index contributed by atoms with van der Waals surface area (Å²) in [7, 11) is 0. The summed E-state index contributed by atoms with van der Waals surface area (Å²) in [5, 5.41) is 5.47. The Morgan fingerprint density at radius 3 is 3.00 bits per heavy atom. The molecule has 0 bridgehead atoms. The molecule has 1 atom stereocenters. The fourth-order valence-corrected chi connectivity index (χ4v) is 2.78.